The molecule has 8 nitrogen and oxygen atoms in total. The fraction of sp³-hybridized carbons (Fsp3) is 0.250. The number of carbonyl (C=O) groups excluding carboxylic acids is 3. The maximum atomic E-state index is 12.2. The average Bonchev–Trinajstić information content (AvgIpc) is 2.67. The molecule has 0 saturated carbocycles. The van der Waals surface area contributed by atoms with Crippen molar-refractivity contribution >= 4 is 29.1 Å². The van der Waals surface area contributed by atoms with Crippen molar-refractivity contribution in [3.05, 3.63) is 48.0 Å². The molecule has 0 aliphatic rings. The Balaban J connectivity index is 1.93. The van der Waals surface area contributed by atoms with Crippen molar-refractivity contribution in [2.24, 2.45) is 0 Å². The molecule has 0 saturated heterocycles. The summed E-state index contributed by atoms with van der Waals surface area (Å²) < 4.78 is 10.4. The first-order valence-electron chi connectivity index (χ1n) is 8.61. The fourth-order valence-corrected chi connectivity index (χ4v) is 2.52. The summed E-state index contributed by atoms with van der Waals surface area (Å²) in [7, 11) is 2.97. The number of benzene rings is 2. The van der Waals surface area contributed by atoms with Crippen molar-refractivity contribution in [3.8, 4) is 11.5 Å². The summed E-state index contributed by atoms with van der Waals surface area (Å²) >= 11 is 0. The van der Waals surface area contributed by atoms with Gasteiger partial charge in [-0.3, -0.25) is 14.4 Å². The number of anilines is 2. The van der Waals surface area contributed by atoms with E-state index in [-0.39, 0.29) is 30.7 Å². The predicted molar refractivity (Wildman–Crippen MR) is 106 cm³/mol. The molecule has 0 bridgehead atoms. The summed E-state index contributed by atoms with van der Waals surface area (Å²) in [5, 5.41) is 8.05. The Bertz CT molecular complexity index is 867. The van der Waals surface area contributed by atoms with Gasteiger partial charge in [0.05, 0.1) is 25.5 Å². The smallest absolute Gasteiger partial charge is 0.255 e. The first-order valence-corrected chi connectivity index (χ1v) is 8.61. The Morgan fingerprint density at radius 1 is 0.929 bits per heavy atom. The van der Waals surface area contributed by atoms with Gasteiger partial charge in [0.15, 0.2) is 0 Å². The Hall–Kier alpha value is -3.55. The third-order valence-electron chi connectivity index (χ3n) is 3.78. The Morgan fingerprint density at radius 3 is 2.32 bits per heavy atom. The van der Waals surface area contributed by atoms with Crippen LogP contribution in [-0.4, -0.2) is 38.5 Å². The van der Waals surface area contributed by atoms with E-state index in [4.69, 9.17) is 9.47 Å². The molecule has 0 fully saturated rings. The van der Waals surface area contributed by atoms with Crippen LogP contribution < -0.4 is 25.4 Å². The van der Waals surface area contributed by atoms with Crippen molar-refractivity contribution in [2.45, 2.75) is 13.3 Å². The van der Waals surface area contributed by atoms with Crippen LogP contribution in [0.5, 0.6) is 11.5 Å². The van der Waals surface area contributed by atoms with Crippen molar-refractivity contribution in [3.63, 3.8) is 0 Å². The second-order valence-corrected chi connectivity index (χ2v) is 5.85. The number of nitrogens with one attached hydrogen (secondary N) is 3. The molecular weight excluding hydrogens is 362 g/mol. The van der Waals surface area contributed by atoms with Crippen LogP contribution in [0.2, 0.25) is 0 Å². The fourth-order valence-electron chi connectivity index (χ4n) is 2.52. The van der Waals surface area contributed by atoms with E-state index >= 15 is 0 Å². The van der Waals surface area contributed by atoms with Gasteiger partial charge < -0.3 is 25.4 Å². The van der Waals surface area contributed by atoms with Gasteiger partial charge in [-0.1, -0.05) is 12.1 Å². The molecule has 8 heteroatoms. The summed E-state index contributed by atoms with van der Waals surface area (Å²) in [6.07, 6.45) is 0.0639. The molecule has 0 aliphatic carbocycles. The van der Waals surface area contributed by atoms with Crippen molar-refractivity contribution < 1.29 is 23.9 Å². The Labute approximate surface area is 163 Å². The number of amides is 3. The summed E-state index contributed by atoms with van der Waals surface area (Å²) in [5.41, 5.74) is 1.36. The maximum Gasteiger partial charge on any atom is 0.255 e. The molecule has 28 heavy (non-hydrogen) atoms. The molecule has 0 atom stereocenters. The van der Waals surface area contributed by atoms with Gasteiger partial charge in [-0.05, 0) is 30.3 Å². The molecule has 3 amide bonds. The molecule has 0 heterocycles. The highest BCUT2D eigenvalue weighted by Crippen LogP contribution is 2.28. The van der Waals surface area contributed by atoms with Gasteiger partial charge in [0, 0.05) is 25.6 Å². The molecule has 148 valence electrons. The highest BCUT2D eigenvalue weighted by molar-refractivity contribution is 5.98. The van der Waals surface area contributed by atoms with E-state index in [2.05, 4.69) is 16.0 Å². The van der Waals surface area contributed by atoms with E-state index in [0.717, 1.165) is 0 Å². The average molecular weight is 385 g/mol. The number of methoxy groups -OCH3 is 2. The number of ether oxygens (including phenoxy) is 2. The predicted octanol–water partition coefficient (Wildman–Crippen LogP) is 2.42. The number of rotatable bonds is 8. The monoisotopic (exact) mass is 385 g/mol. The normalized spacial score (nSPS) is 9.96. The molecule has 2 aromatic rings. The number of hydrogen-bond acceptors (Lipinski definition) is 5. The maximum absolute atomic E-state index is 12.2. The topological polar surface area (TPSA) is 106 Å². The molecule has 0 unspecified atom stereocenters. The van der Waals surface area contributed by atoms with Crippen LogP contribution in [0, 0.1) is 0 Å². The summed E-state index contributed by atoms with van der Waals surface area (Å²) in [5.74, 6) is 0.0695. The molecule has 0 radical (unpaired) electrons. The summed E-state index contributed by atoms with van der Waals surface area (Å²) in [6, 6.07) is 11.8. The summed E-state index contributed by atoms with van der Waals surface area (Å²) in [6.45, 7) is 1.54. The van der Waals surface area contributed by atoms with Crippen LogP contribution in [0.15, 0.2) is 42.5 Å². The third-order valence-corrected chi connectivity index (χ3v) is 3.78. The largest absolute Gasteiger partial charge is 0.496 e. The van der Waals surface area contributed by atoms with E-state index in [9.17, 15) is 14.4 Å². The first-order chi connectivity index (χ1) is 13.4. The van der Waals surface area contributed by atoms with E-state index in [0.29, 0.717) is 28.4 Å². The molecule has 2 aromatic carbocycles. The minimum Gasteiger partial charge on any atom is -0.496 e. The zero-order valence-corrected chi connectivity index (χ0v) is 16.0. The summed E-state index contributed by atoms with van der Waals surface area (Å²) in [4.78, 5) is 35.6. The Morgan fingerprint density at radius 2 is 1.64 bits per heavy atom. The second-order valence-electron chi connectivity index (χ2n) is 5.85. The zero-order valence-electron chi connectivity index (χ0n) is 16.0. The van der Waals surface area contributed by atoms with Gasteiger partial charge in [-0.25, -0.2) is 0 Å². The lowest BCUT2D eigenvalue weighted by molar-refractivity contribution is -0.116. The standard InChI is InChI=1S/C20H23N3O5/c1-13(24)22-14-8-9-18(28-3)16(12-14)23-19(25)10-11-21-20(26)15-6-4-5-7-17(15)27-2/h4-9,12H,10-11H2,1-3H3,(H,21,26)(H,22,24)(H,23,25). The third kappa shape index (κ3) is 5.73. The number of hydrogen-bond donors (Lipinski definition) is 3. The number of carbonyl (C=O) groups is 3. The zero-order chi connectivity index (χ0) is 20.5. The van der Waals surface area contributed by atoms with Gasteiger partial charge in [-0.2, -0.15) is 0 Å². The molecule has 0 spiro atoms. The van der Waals surface area contributed by atoms with Crippen molar-refractivity contribution in [1.82, 2.24) is 5.32 Å². The highest BCUT2D eigenvalue weighted by Gasteiger charge is 2.13. The molecule has 0 aromatic heterocycles. The van der Waals surface area contributed by atoms with Crippen molar-refractivity contribution in [2.75, 3.05) is 31.4 Å². The highest BCUT2D eigenvalue weighted by atomic mass is 16.5. The quantitative estimate of drug-likeness (QED) is 0.647. The minimum atomic E-state index is -0.324. The molecule has 3 N–H and O–H groups in total. The SMILES string of the molecule is COc1ccc(NC(C)=O)cc1NC(=O)CCNC(=O)c1ccccc1OC. The van der Waals surface area contributed by atoms with Crippen LogP contribution >= 0.6 is 0 Å². The van der Waals surface area contributed by atoms with E-state index in [1.165, 1.54) is 21.1 Å². The van der Waals surface area contributed by atoms with Crippen LogP contribution in [-0.2, 0) is 9.59 Å². The first kappa shape index (κ1) is 20.8. The molecular formula is C20H23N3O5. The van der Waals surface area contributed by atoms with Gasteiger partial charge in [-0.15, -0.1) is 0 Å². The minimum absolute atomic E-state index is 0.0639. The lowest BCUT2D eigenvalue weighted by Crippen LogP contribution is -2.28. The van der Waals surface area contributed by atoms with Crippen LogP contribution in [0.3, 0.4) is 0 Å². The van der Waals surface area contributed by atoms with Crippen LogP contribution in [0.1, 0.15) is 23.7 Å². The Kier molecular flexibility index (Phi) is 7.38. The van der Waals surface area contributed by atoms with E-state index < -0.39 is 0 Å². The second kappa shape index (κ2) is 9.96. The van der Waals surface area contributed by atoms with Crippen molar-refractivity contribution in [1.29, 1.82) is 0 Å². The van der Waals surface area contributed by atoms with Gasteiger partial charge in [0.25, 0.3) is 5.91 Å². The van der Waals surface area contributed by atoms with Crippen LogP contribution in [0.25, 0.3) is 0 Å². The number of para-hydroxylation sites is 1. The molecule has 2 rings (SSSR count). The van der Waals surface area contributed by atoms with Gasteiger partial charge in [0.1, 0.15) is 11.5 Å². The van der Waals surface area contributed by atoms with Crippen LogP contribution in [0.4, 0.5) is 11.4 Å². The lowest BCUT2D eigenvalue weighted by atomic mass is 10.2. The lowest BCUT2D eigenvalue weighted by Gasteiger charge is -2.13. The van der Waals surface area contributed by atoms with E-state index in [1.54, 1.807) is 42.5 Å². The van der Waals surface area contributed by atoms with Gasteiger partial charge in [0.2, 0.25) is 11.8 Å². The van der Waals surface area contributed by atoms with Gasteiger partial charge >= 0.3 is 0 Å². The molecule has 0 aliphatic heterocycles. The van der Waals surface area contributed by atoms with E-state index in [1.807, 2.05) is 0 Å².